The Morgan fingerprint density at radius 1 is 1.08 bits per heavy atom. The molecule has 0 amide bonds. The van der Waals surface area contributed by atoms with E-state index >= 15 is 0 Å². The van der Waals surface area contributed by atoms with Crippen LogP contribution in [0.1, 0.15) is 73.6 Å². The average molecular weight is 548 g/mol. The molecule has 1 N–H and O–H groups in total. The monoisotopic (exact) mass is 547 g/mol. The Kier molecular flexibility index (Phi) is 21.9. The number of nitrogens with zero attached hydrogens (tertiary/aromatic N) is 4. The van der Waals surface area contributed by atoms with Crippen LogP contribution in [0.15, 0.2) is 46.1 Å². The molecule has 3 atom stereocenters. The normalized spacial score (nSPS) is 15.5. The van der Waals surface area contributed by atoms with Gasteiger partial charge in [-0.25, -0.2) is 0 Å². The maximum atomic E-state index is 6.06. The van der Waals surface area contributed by atoms with Crippen LogP contribution in [0.4, 0.5) is 0 Å². The second-order valence-corrected chi connectivity index (χ2v) is 10.7. The maximum absolute atomic E-state index is 6.06. The van der Waals surface area contributed by atoms with Crippen molar-refractivity contribution in [1.82, 2.24) is 15.1 Å². The average Bonchev–Trinajstić information content (AvgIpc) is 2.92. The predicted molar refractivity (Wildman–Crippen MR) is 171 cm³/mol. The molecule has 0 saturated carbocycles. The summed E-state index contributed by atoms with van der Waals surface area (Å²) < 4.78 is 11.4. The first-order chi connectivity index (χ1) is 18.6. The molecule has 39 heavy (non-hydrogen) atoms. The first kappa shape index (κ1) is 37.2. The lowest BCUT2D eigenvalue weighted by molar-refractivity contribution is 0.0971. The summed E-state index contributed by atoms with van der Waals surface area (Å²) in [5.74, 6) is 1.18. The van der Waals surface area contributed by atoms with Gasteiger partial charge in [0.15, 0.2) is 5.90 Å². The molecule has 0 spiro atoms. The zero-order valence-electron chi connectivity index (χ0n) is 26.9. The van der Waals surface area contributed by atoms with Gasteiger partial charge in [0.2, 0.25) is 0 Å². The minimum Gasteiger partial charge on any atom is -0.480 e. The standard InChI is InChI=1S/C32H61N5O2/c1-12-17-26(5)21-30(36(9)14-3)25-39-29(8)35-22-27(6)31(18-13-2)34-20-16-19-33-23-32(37(10)15-4)28(7)24-38-11/h13,20,28,30,32-33H,2,5,12,14-19,21-25H2,1,3-4,6-11H3/b31-27-,34-20?,35-29?/t28-,30?,32?/m0/s1. The van der Waals surface area contributed by atoms with Crippen LogP contribution >= 0.6 is 0 Å². The molecule has 0 aromatic heterocycles. The van der Waals surface area contributed by atoms with E-state index in [4.69, 9.17) is 19.5 Å². The first-order valence-electron chi connectivity index (χ1n) is 14.9. The number of aliphatic imine (C=N–C) groups is 2. The number of ether oxygens (including phenoxy) is 2. The molecule has 0 rings (SSSR count). The summed E-state index contributed by atoms with van der Waals surface area (Å²) in [6, 6.07) is 0.757. The van der Waals surface area contributed by atoms with E-state index < -0.39 is 0 Å². The number of hydrogen-bond donors (Lipinski definition) is 1. The van der Waals surface area contributed by atoms with Crippen molar-refractivity contribution in [1.29, 1.82) is 0 Å². The van der Waals surface area contributed by atoms with E-state index in [1.54, 1.807) is 7.11 Å². The molecule has 0 bridgehead atoms. The fraction of sp³-hybridized carbons (Fsp3) is 0.750. The van der Waals surface area contributed by atoms with Crippen LogP contribution in [0.3, 0.4) is 0 Å². The highest BCUT2D eigenvalue weighted by Crippen LogP contribution is 2.15. The fourth-order valence-electron chi connectivity index (χ4n) is 4.44. The number of nitrogens with one attached hydrogen (secondary N) is 1. The number of rotatable bonds is 23. The third kappa shape index (κ3) is 16.8. The van der Waals surface area contributed by atoms with Crippen molar-refractivity contribution < 1.29 is 9.47 Å². The summed E-state index contributed by atoms with van der Waals surface area (Å²) in [4.78, 5) is 14.2. The van der Waals surface area contributed by atoms with Gasteiger partial charge in [0.25, 0.3) is 0 Å². The molecule has 0 fully saturated rings. The molecular weight excluding hydrogens is 486 g/mol. The van der Waals surface area contributed by atoms with Gasteiger partial charge in [0.1, 0.15) is 6.61 Å². The van der Waals surface area contributed by atoms with Crippen LogP contribution < -0.4 is 5.32 Å². The Morgan fingerprint density at radius 3 is 2.36 bits per heavy atom. The van der Waals surface area contributed by atoms with E-state index in [0.717, 1.165) is 76.2 Å². The van der Waals surface area contributed by atoms with Crippen LogP contribution in [0.25, 0.3) is 0 Å². The molecule has 0 aromatic carbocycles. The largest absolute Gasteiger partial charge is 0.480 e. The number of allylic oxidation sites excluding steroid dienone is 1. The van der Waals surface area contributed by atoms with Crippen molar-refractivity contribution in [2.24, 2.45) is 15.9 Å². The van der Waals surface area contributed by atoms with E-state index in [1.807, 2.05) is 19.2 Å². The molecule has 0 saturated heterocycles. The van der Waals surface area contributed by atoms with Gasteiger partial charge in [0.05, 0.1) is 13.2 Å². The Hall–Kier alpha value is -1.80. The number of likely N-dealkylation sites (N-methyl/N-ethyl adjacent to an activating group) is 2. The highest BCUT2D eigenvalue weighted by Gasteiger charge is 2.20. The second kappa shape index (κ2) is 23.0. The summed E-state index contributed by atoms with van der Waals surface area (Å²) in [5, 5.41) is 3.60. The Bertz CT molecular complexity index is 762. The van der Waals surface area contributed by atoms with Gasteiger partial charge in [-0.15, -0.1) is 6.58 Å². The minimum atomic E-state index is 0.311. The molecule has 2 unspecified atom stereocenters. The molecule has 7 nitrogen and oxygen atoms in total. The summed E-state index contributed by atoms with van der Waals surface area (Å²) in [6.07, 6.45) is 8.66. The van der Waals surface area contributed by atoms with Gasteiger partial charge in [-0.3, -0.25) is 14.9 Å². The van der Waals surface area contributed by atoms with E-state index in [1.165, 1.54) is 5.57 Å². The van der Waals surface area contributed by atoms with E-state index in [-0.39, 0.29) is 0 Å². The van der Waals surface area contributed by atoms with Gasteiger partial charge in [-0.1, -0.05) is 52.3 Å². The third-order valence-electron chi connectivity index (χ3n) is 7.31. The van der Waals surface area contributed by atoms with E-state index in [0.29, 0.717) is 37.1 Å². The van der Waals surface area contributed by atoms with Crippen molar-refractivity contribution in [3.05, 3.63) is 36.1 Å². The summed E-state index contributed by atoms with van der Waals surface area (Å²) >= 11 is 0. The van der Waals surface area contributed by atoms with E-state index in [2.05, 4.69) is 77.0 Å². The molecular formula is C32H61N5O2. The Morgan fingerprint density at radius 2 is 1.77 bits per heavy atom. The van der Waals surface area contributed by atoms with Crippen LogP contribution in [0.2, 0.25) is 0 Å². The zero-order valence-corrected chi connectivity index (χ0v) is 26.9. The zero-order chi connectivity index (χ0) is 29.6. The van der Waals surface area contributed by atoms with Crippen LogP contribution in [0.5, 0.6) is 0 Å². The maximum Gasteiger partial charge on any atom is 0.180 e. The lowest BCUT2D eigenvalue weighted by atomic mass is 10.0. The van der Waals surface area contributed by atoms with Gasteiger partial charge in [-0.2, -0.15) is 0 Å². The lowest BCUT2D eigenvalue weighted by Gasteiger charge is -2.32. The van der Waals surface area contributed by atoms with Crippen molar-refractivity contribution in [3.63, 3.8) is 0 Å². The Balaban J connectivity index is 4.93. The van der Waals surface area contributed by atoms with Gasteiger partial charge >= 0.3 is 0 Å². The van der Waals surface area contributed by atoms with Crippen LogP contribution in [-0.2, 0) is 9.47 Å². The number of hydrogen-bond acceptors (Lipinski definition) is 7. The van der Waals surface area contributed by atoms with Crippen molar-refractivity contribution in [2.45, 2.75) is 85.7 Å². The minimum absolute atomic E-state index is 0.311. The SMILES string of the molecule is C=CC/C(N=CCCNCC([C@@H](C)COC)N(C)CC)=C(\C)CN=C(C)OCC(CC(=C)CCC)N(C)CC. The highest BCUT2D eigenvalue weighted by molar-refractivity contribution is 5.73. The molecule has 0 aromatic rings. The first-order valence-corrected chi connectivity index (χ1v) is 14.9. The van der Waals surface area contributed by atoms with E-state index in [9.17, 15) is 0 Å². The lowest BCUT2D eigenvalue weighted by Crippen LogP contribution is -2.45. The molecule has 0 aliphatic rings. The molecule has 0 aliphatic carbocycles. The van der Waals surface area contributed by atoms with Gasteiger partial charge in [0, 0.05) is 57.5 Å². The van der Waals surface area contributed by atoms with Crippen LogP contribution in [0, 0.1) is 5.92 Å². The smallest absolute Gasteiger partial charge is 0.180 e. The molecule has 0 aliphatic heterocycles. The summed E-state index contributed by atoms with van der Waals surface area (Å²) in [5.41, 5.74) is 3.45. The van der Waals surface area contributed by atoms with Crippen molar-refractivity contribution >= 4 is 12.1 Å². The third-order valence-corrected chi connectivity index (χ3v) is 7.31. The summed E-state index contributed by atoms with van der Waals surface area (Å²) in [6.45, 7) is 26.8. The molecule has 226 valence electrons. The van der Waals surface area contributed by atoms with Gasteiger partial charge < -0.3 is 19.7 Å². The van der Waals surface area contributed by atoms with Crippen molar-refractivity contribution in [2.75, 3.05) is 67.1 Å². The quantitative estimate of drug-likeness (QED) is 0.0737. The predicted octanol–water partition coefficient (Wildman–Crippen LogP) is 5.99. The Labute approximate surface area is 241 Å². The summed E-state index contributed by atoms with van der Waals surface area (Å²) in [7, 11) is 6.09. The molecule has 0 radical (unpaired) electrons. The topological polar surface area (TPSA) is 61.7 Å². The molecule has 7 heteroatoms. The molecule has 0 heterocycles. The second-order valence-electron chi connectivity index (χ2n) is 10.7. The number of methoxy groups -OCH3 is 1. The van der Waals surface area contributed by atoms with Crippen LogP contribution in [-0.4, -0.2) is 101 Å². The highest BCUT2D eigenvalue weighted by atomic mass is 16.5. The fourth-order valence-corrected chi connectivity index (χ4v) is 4.44. The van der Waals surface area contributed by atoms with Crippen molar-refractivity contribution in [3.8, 4) is 0 Å². The van der Waals surface area contributed by atoms with Gasteiger partial charge in [-0.05, 0) is 64.9 Å².